The molecule has 0 saturated carbocycles. The van der Waals surface area contributed by atoms with E-state index in [1.165, 1.54) is 18.2 Å². The number of hydrogen-bond acceptors (Lipinski definition) is 5. The van der Waals surface area contributed by atoms with Crippen LogP contribution in [0.1, 0.15) is 74.9 Å². The average molecular weight is 460 g/mol. The lowest BCUT2D eigenvalue weighted by Crippen LogP contribution is -2.19. The lowest BCUT2D eigenvalue weighted by Gasteiger charge is -2.23. The number of carboxylic acids is 1. The molecule has 0 fully saturated rings. The zero-order valence-corrected chi connectivity index (χ0v) is 19.9. The van der Waals surface area contributed by atoms with Gasteiger partial charge in [0, 0.05) is 30.4 Å². The number of aliphatic hydroxyl groups is 2. The van der Waals surface area contributed by atoms with Crippen LogP contribution in [0.3, 0.4) is 0 Å². The predicted molar refractivity (Wildman–Crippen MR) is 126 cm³/mol. The van der Waals surface area contributed by atoms with Gasteiger partial charge in [-0.3, -0.25) is 9.78 Å². The fourth-order valence-electron chi connectivity index (χ4n) is 3.85. The van der Waals surface area contributed by atoms with Gasteiger partial charge < -0.3 is 20.1 Å². The second-order valence-electron chi connectivity index (χ2n) is 8.81. The maximum absolute atomic E-state index is 13.7. The fourth-order valence-corrected chi connectivity index (χ4v) is 3.85. The molecule has 0 amide bonds. The van der Waals surface area contributed by atoms with Crippen molar-refractivity contribution in [2.75, 3.05) is 7.11 Å². The third-order valence-corrected chi connectivity index (χ3v) is 5.32. The quantitative estimate of drug-likeness (QED) is 0.443. The molecule has 3 N–H and O–H groups in total. The molecule has 0 aliphatic carbocycles. The van der Waals surface area contributed by atoms with Crippen molar-refractivity contribution >= 4 is 12.0 Å². The first-order valence-corrected chi connectivity index (χ1v) is 11.1. The number of carboxylic acid groups (broad SMARTS) is 1. The highest BCUT2D eigenvalue weighted by Crippen LogP contribution is 2.37. The molecule has 0 spiro atoms. The van der Waals surface area contributed by atoms with Crippen molar-refractivity contribution in [3.8, 4) is 11.1 Å². The minimum atomic E-state index is -1.16. The summed E-state index contributed by atoms with van der Waals surface area (Å²) in [5.41, 5.74) is 5.05. The molecule has 2 atom stereocenters. The Labute approximate surface area is 194 Å². The summed E-state index contributed by atoms with van der Waals surface area (Å²) in [5, 5.41) is 29.1. The number of halogens is 1. The van der Waals surface area contributed by atoms with E-state index in [2.05, 4.69) is 13.8 Å². The third-order valence-electron chi connectivity index (χ3n) is 5.32. The molecule has 0 radical (unpaired) electrons. The number of rotatable bonds is 11. The molecule has 0 bridgehead atoms. The normalized spacial score (nSPS) is 13.8. The summed E-state index contributed by atoms with van der Waals surface area (Å²) in [6.45, 7) is 8.49. The minimum Gasteiger partial charge on any atom is -0.481 e. The van der Waals surface area contributed by atoms with E-state index in [4.69, 9.17) is 14.8 Å². The Bertz CT molecular complexity index is 970. The lowest BCUT2D eigenvalue weighted by molar-refractivity contribution is -0.139. The van der Waals surface area contributed by atoms with Crippen molar-refractivity contribution in [3.63, 3.8) is 0 Å². The van der Waals surface area contributed by atoms with Crippen LogP contribution in [0, 0.1) is 5.82 Å². The van der Waals surface area contributed by atoms with Crippen molar-refractivity contribution in [3.05, 3.63) is 58.7 Å². The minimum absolute atomic E-state index is 0.0627. The molecule has 1 aromatic carbocycles. The van der Waals surface area contributed by atoms with Gasteiger partial charge in [0.2, 0.25) is 0 Å². The van der Waals surface area contributed by atoms with Gasteiger partial charge >= 0.3 is 5.97 Å². The molecule has 2 aromatic rings. The molecule has 0 saturated heterocycles. The lowest BCUT2D eigenvalue weighted by atomic mass is 9.87. The molecule has 33 heavy (non-hydrogen) atoms. The van der Waals surface area contributed by atoms with Gasteiger partial charge in [-0.25, -0.2) is 4.39 Å². The van der Waals surface area contributed by atoms with Crippen LogP contribution in [0.4, 0.5) is 4.39 Å². The summed E-state index contributed by atoms with van der Waals surface area (Å²) < 4.78 is 19.2. The topological polar surface area (TPSA) is 99.9 Å². The van der Waals surface area contributed by atoms with E-state index in [-0.39, 0.29) is 24.1 Å². The van der Waals surface area contributed by atoms with Crippen LogP contribution in [0.2, 0.25) is 0 Å². The average Bonchev–Trinajstić information content (AvgIpc) is 2.72. The Balaban J connectivity index is 2.69. The molecule has 1 heterocycles. The Morgan fingerprint density at radius 1 is 1.09 bits per heavy atom. The largest absolute Gasteiger partial charge is 0.481 e. The summed E-state index contributed by atoms with van der Waals surface area (Å²) >= 11 is 0. The number of aliphatic carboxylic acids is 1. The standard InChI is InChI=1S/C26H34FNO5/c1-15(2)25-21(11-10-19(29)12-20(30)13-23(31)32)24(17-6-8-18(27)9-7-17)22(14-33-5)26(28-25)16(3)4/h6-11,15-16,19-20,29-30H,12-14H2,1-5H3,(H,31,32)/b11-10+/t19-,20+/m0/s1. The van der Waals surface area contributed by atoms with E-state index in [1.54, 1.807) is 25.3 Å². The zero-order valence-electron chi connectivity index (χ0n) is 19.9. The van der Waals surface area contributed by atoms with Gasteiger partial charge in [0.15, 0.2) is 0 Å². The number of pyridine rings is 1. The summed E-state index contributed by atoms with van der Waals surface area (Å²) in [5.74, 6) is -1.28. The van der Waals surface area contributed by atoms with Crippen molar-refractivity contribution in [2.45, 2.75) is 71.2 Å². The molecule has 180 valence electrons. The maximum Gasteiger partial charge on any atom is 0.305 e. The number of ether oxygens (including phenoxy) is 1. The molecule has 0 aliphatic heterocycles. The maximum atomic E-state index is 13.7. The van der Waals surface area contributed by atoms with Crippen LogP contribution in [-0.4, -0.2) is 45.6 Å². The second kappa shape index (κ2) is 12.0. The highest BCUT2D eigenvalue weighted by atomic mass is 19.1. The van der Waals surface area contributed by atoms with Crippen molar-refractivity contribution < 1.29 is 29.2 Å². The van der Waals surface area contributed by atoms with Crippen molar-refractivity contribution in [1.82, 2.24) is 4.98 Å². The Morgan fingerprint density at radius 2 is 1.70 bits per heavy atom. The van der Waals surface area contributed by atoms with Gasteiger partial charge in [0.25, 0.3) is 0 Å². The van der Waals surface area contributed by atoms with Crippen LogP contribution >= 0.6 is 0 Å². The summed E-state index contributed by atoms with van der Waals surface area (Å²) in [4.78, 5) is 15.8. The molecule has 1 aromatic heterocycles. The smallest absolute Gasteiger partial charge is 0.305 e. The van der Waals surface area contributed by atoms with Gasteiger partial charge in [0.05, 0.1) is 30.9 Å². The first-order chi connectivity index (χ1) is 15.5. The number of nitrogens with zero attached hydrogens (tertiary/aromatic N) is 1. The number of hydrogen-bond donors (Lipinski definition) is 3. The molecular weight excluding hydrogens is 425 g/mol. The Morgan fingerprint density at radius 3 is 2.21 bits per heavy atom. The fraction of sp³-hybridized carbons (Fsp3) is 0.462. The first-order valence-electron chi connectivity index (χ1n) is 11.1. The van der Waals surface area contributed by atoms with E-state index in [9.17, 15) is 19.4 Å². The van der Waals surface area contributed by atoms with E-state index in [1.807, 2.05) is 13.8 Å². The van der Waals surface area contributed by atoms with Gasteiger partial charge in [-0.1, -0.05) is 52.0 Å². The molecular formula is C26H34FNO5. The van der Waals surface area contributed by atoms with E-state index in [0.717, 1.165) is 33.6 Å². The van der Waals surface area contributed by atoms with Crippen LogP contribution in [0.15, 0.2) is 30.3 Å². The Kier molecular flexibility index (Phi) is 9.70. The molecule has 0 unspecified atom stereocenters. The third kappa shape index (κ3) is 7.19. The highest BCUT2D eigenvalue weighted by molar-refractivity contribution is 5.80. The number of methoxy groups -OCH3 is 1. The second-order valence-corrected chi connectivity index (χ2v) is 8.81. The highest BCUT2D eigenvalue weighted by Gasteiger charge is 2.23. The SMILES string of the molecule is COCc1c(C(C)C)nc(C(C)C)c(/C=C/[C@H](O)C[C@@H](O)CC(=O)O)c1-c1ccc(F)cc1. The zero-order chi connectivity index (χ0) is 24.7. The molecule has 2 rings (SSSR count). The van der Waals surface area contributed by atoms with Crippen LogP contribution in [0.25, 0.3) is 17.2 Å². The van der Waals surface area contributed by atoms with Gasteiger partial charge in [-0.2, -0.15) is 0 Å². The summed E-state index contributed by atoms with van der Waals surface area (Å²) in [6.07, 6.45) is 0.541. The van der Waals surface area contributed by atoms with Crippen molar-refractivity contribution in [2.24, 2.45) is 0 Å². The monoisotopic (exact) mass is 459 g/mol. The predicted octanol–water partition coefficient (Wildman–Crippen LogP) is 4.88. The number of benzene rings is 1. The van der Waals surface area contributed by atoms with E-state index < -0.39 is 24.6 Å². The first kappa shape index (κ1) is 26.6. The van der Waals surface area contributed by atoms with Crippen molar-refractivity contribution in [1.29, 1.82) is 0 Å². The summed E-state index contributed by atoms with van der Waals surface area (Å²) in [7, 11) is 1.61. The molecule has 6 nitrogen and oxygen atoms in total. The van der Waals surface area contributed by atoms with E-state index >= 15 is 0 Å². The number of aliphatic hydroxyl groups excluding tert-OH is 2. The summed E-state index contributed by atoms with van der Waals surface area (Å²) in [6, 6.07) is 6.23. The van der Waals surface area contributed by atoms with Crippen LogP contribution in [-0.2, 0) is 16.1 Å². The van der Waals surface area contributed by atoms with Crippen LogP contribution in [0.5, 0.6) is 0 Å². The van der Waals surface area contributed by atoms with Gasteiger partial charge in [-0.05, 0) is 35.1 Å². The molecule has 7 heteroatoms. The van der Waals surface area contributed by atoms with Crippen LogP contribution < -0.4 is 0 Å². The molecule has 0 aliphatic rings. The van der Waals surface area contributed by atoms with Gasteiger partial charge in [0.1, 0.15) is 5.82 Å². The number of carbonyl (C=O) groups is 1. The van der Waals surface area contributed by atoms with E-state index in [0.29, 0.717) is 6.61 Å². The number of aromatic nitrogens is 1. The van der Waals surface area contributed by atoms with Gasteiger partial charge in [-0.15, -0.1) is 0 Å². The Hall–Kier alpha value is -2.61.